The van der Waals surface area contributed by atoms with Crippen LogP contribution in [0.2, 0.25) is 0 Å². The monoisotopic (exact) mass is 290 g/mol. The third-order valence-corrected chi connectivity index (χ3v) is 3.96. The maximum atomic E-state index is 13.2. The predicted octanol–water partition coefficient (Wildman–Crippen LogP) is 2.15. The van der Waals surface area contributed by atoms with Gasteiger partial charge in [-0.15, -0.1) is 0 Å². The Kier molecular flexibility index (Phi) is 3.88. The van der Waals surface area contributed by atoms with Crippen LogP contribution in [0.3, 0.4) is 0 Å². The summed E-state index contributed by atoms with van der Waals surface area (Å²) in [5.74, 6) is 1.18. The molecule has 0 amide bonds. The number of anilines is 1. The predicted molar refractivity (Wildman–Crippen MR) is 77.7 cm³/mol. The molecule has 21 heavy (non-hydrogen) atoms. The first-order chi connectivity index (χ1) is 10.1. The third kappa shape index (κ3) is 3.05. The molecule has 0 saturated carbocycles. The molecule has 1 aliphatic heterocycles. The van der Waals surface area contributed by atoms with Gasteiger partial charge < -0.3 is 9.42 Å². The van der Waals surface area contributed by atoms with Gasteiger partial charge in [-0.25, -0.2) is 4.98 Å². The highest BCUT2D eigenvalue weighted by atomic mass is 19.1. The topological polar surface area (TPSA) is 45.4 Å². The van der Waals surface area contributed by atoms with Gasteiger partial charge >= 0.3 is 0 Å². The first kappa shape index (κ1) is 14.0. The summed E-state index contributed by atoms with van der Waals surface area (Å²) in [6.45, 7) is 8.30. The van der Waals surface area contributed by atoms with Gasteiger partial charge in [0.25, 0.3) is 0 Å². The second-order valence-electron chi connectivity index (χ2n) is 5.38. The van der Waals surface area contributed by atoms with E-state index in [2.05, 4.69) is 19.9 Å². The highest BCUT2D eigenvalue weighted by Gasteiger charge is 2.20. The molecule has 2 aromatic heterocycles. The fourth-order valence-electron chi connectivity index (χ4n) is 2.66. The van der Waals surface area contributed by atoms with Gasteiger partial charge in [0.2, 0.25) is 5.95 Å². The van der Waals surface area contributed by atoms with Crippen LogP contribution < -0.4 is 4.90 Å². The molecule has 3 heterocycles. The fourth-order valence-corrected chi connectivity index (χ4v) is 2.66. The summed E-state index contributed by atoms with van der Waals surface area (Å²) in [5, 5.41) is 3.99. The van der Waals surface area contributed by atoms with Gasteiger partial charge in [0.05, 0.1) is 5.69 Å². The van der Waals surface area contributed by atoms with E-state index in [1.807, 2.05) is 19.9 Å². The number of pyridine rings is 1. The van der Waals surface area contributed by atoms with E-state index < -0.39 is 5.95 Å². The molecule has 6 heteroatoms. The van der Waals surface area contributed by atoms with E-state index in [1.54, 1.807) is 6.07 Å². The van der Waals surface area contributed by atoms with Crippen LogP contribution in [-0.4, -0.2) is 41.2 Å². The number of piperazine rings is 1. The molecular formula is C15H19FN4O. The molecular weight excluding hydrogens is 271 g/mol. The molecule has 0 atom stereocenters. The second kappa shape index (κ2) is 5.81. The van der Waals surface area contributed by atoms with Gasteiger partial charge in [-0.2, -0.15) is 4.39 Å². The molecule has 3 rings (SSSR count). The van der Waals surface area contributed by atoms with Crippen LogP contribution in [0.1, 0.15) is 17.0 Å². The van der Waals surface area contributed by atoms with Crippen LogP contribution in [-0.2, 0) is 6.54 Å². The van der Waals surface area contributed by atoms with Crippen LogP contribution in [0.25, 0.3) is 0 Å². The molecule has 0 aromatic carbocycles. The molecule has 0 aliphatic carbocycles. The SMILES string of the molecule is Cc1noc(C)c1CN1CCN(c2cccc(F)n2)CC1. The molecule has 0 spiro atoms. The Hall–Kier alpha value is -1.95. The maximum Gasteiger partial charge on any atom is 0.214 e. The number of aryl methyl sites for hydroxylation is 2. The van der Waals surface area contributed by atoms with Crippen LogP contribution in [0, 0.1) is 19.8 Å². The second-order valence-corrected chi connectivity index (χ2v) is 5.38. The van der Waals surface area contributed by atoms with Gasteiger partial charge in [-0.3, -0.25) is 4.90 Å². The smallest absolute Gasteiger partial charge is 0.214 e. The Morgan fingerprint density at radius 2 is 1.95 bits per heavy atom. The summed E-state index contributed by atoms with van der Waals surface area (Å²) in [4.78, 5) is 8.42. The number of hydrogen-bond donors (Lipinski definition) is 0. The lowest BCUT2D eigenvalue weighted by Gasteiger charge is -2.35. The first-order valence-electron chi connectivity index (χ1n) is 7.15. The van der Waals surface area contributed by atoms with Crippen LogP contribution in [0.4, 0.5) is 10.2 Å². The van der Waals surface area contributed by atoms with Crippen molar-refractivity contribution in [3.63, 3.8) is 0 Å². The lowest BCUT2D eigenvalue weighted by molar-refractivity contribution is 0.247. The summed E-state index contributed by atoms with van der Waals surface area (Å²) in [7, 11) is 0. The standard InChI is InChI=1S/C15H19FN4O/c1-11-13(12(2)21-18-11)10-19-6-8-20(9-7-19)15-5-3-4-14(16)17-15/h3-5H,6-10H2,1-2H3. The van der Waals surface area contributed by atoms with Crippen molar-refractivity contribution in [1.82, 2.24) is 15.0 Å². The van der Waals surface area contributed by atoms with Gasteiger partial charge in [-0.05, 0) is 26.0 Å². The van der Waals surface area contributed by atoms with Crippen molar-refractivity contribution in [2.24, 2.45) is 0 Å². The minimum Gasteiger partial charge on any atom is -0.361 e. The van der Waals surface area contributed by atoms with E-state index in [1.165, 1.54) is 11.6 Å². The molecule has 1 fully saturated rings. The Morgan fingerprint density at radius 1 is 1.19 bits per heavy atom. The van der Waals surface area contributed by atoms with Gasteiger partial charge in [0.1, 0.15) is 11.6 Å². The third-order valence-electron chi connectivity index (χ3n) is 3.96. The van der Waals surface area contributed by atoms with Crippen LogP contribution in [0.15, 0.2) is 22.7 Å². The largest absolute Gasteiger partial charge is 0.361 e. The average Bonchev–Trinajstić information content (AvgIpc) is 2.80. The number of nitrogens with zero attached hydrogens (tertiary/aromatic N) is 4. The number of rotatable bonds is 3. The van der Waals surface area contributed by atoms with E-state index in [0.717, 1.165) is 44.2 Å². The number of aromatic nitrogens is 2. The molecule has 2 aromatic rings. The maximum absolute atomic E-state index is 13.2. The van der Waals surface area contributed by atoms with E-state index in [-0.39, 0.29) is 0 Å². The molecule has 0 bridgehead atoms. The summed E-state index contributed by atoms with van der Waals surface area (Å²) in [6, 6.07) is 4.93. The zero-order chi connectivity index (χ0) is 14.8. The Balaban J connectivity index is 1.60. The van der Waals surface area contributed by atoms with Crippen molar-refractivity contribution in [3.8, 4) is 0 Å². The van der Waals surface area contributed by atoms with Crippen LogP contribution in [0.5, 0.6) is 0 Å². The fraction of sp³-hybridized carbons (Fsp3) is 0.467. The van der Waals surface area contributed by atoms with Crippen LogP contribution >= 0.6 is 0 Å². The quantitative estimate of drug-likeness (QED) is 0.811. The minimum absolute atomic E-state index is 0.425. The van der Waals surface area contributed by atoms with Gasteiger partial charge in [-0.1, -0.05) is 11.2 Å². The normalized spacial score (nSPS) is 16.4. The lowest BCUT2D eigenvalue weighted by Crippen LogP contribution is -2.46. The molecule has 0 N–H and O–H groups in total. The van der Waals surface area contributed by atoms with Crippen molar-refractivity contribution in [2.45, 2.75) is 20.4 Å². The zero-order valence-corrected chi connectivity index (χ0v) is 12.3. The first-order valence-corrected chi connectivity index (χ1v) is 7.15. The minimum atomic E-state index is -0.425. The summed E-state index contributed by atoms with van der Waals surface area (Å²) in [6.07, 6.45) is 0. The number of halogens is 1. The van der Waals surface area contributed by atoms with E-state index >= 15 is 0 Å². The van der Waals surface area contributed by atoms with E-state index in [0.29, 0.717) is 5.82 Å². The number of hydrogen-bond acceptors (Lipinski definition) is 5. The van der Waals surface area contributed by atoms with Gasteiger partial charge in [0, 0.05) is 38.3 Å². The summed E-state index contributed by atoms with van der Waals surface area (Å²) < 4.78 is 18.4. The molecule has 1 aliphatic rings. The molecule has 0 unspecified atom stereocenters. The molecule has 1 saturated heterocycles. The highest BCUT2D eigenvalue weighted by molar-refractivity contribution is 5.38. The average molecular weight is 290 g/mol. The van der Waals surface area contributed by atoms with E-state index in [9.17, 15) is 4.39 Å². The van der Waals surface area contributed by atoms with Crippen molar-refractivity contribution in [3.05, 3.63) is 41.2 Å². The van der Waals surface area contributed by atoms with Crippen molar-refractivity contribution >= 4 is 5.82 Å². The van der Waals surface area contributed by atoms with E-state index in [4.69, 9.17) is 4.52 Å². The van der Waals surface area contributed by atoms with Crippen molar-refractivity contribution in [1.29, 1.82) is 0 Å². The highest BCUT2D eigenvalue weighted by Crippen LogP contribution is 2.18. The molecule has 112 valence electrons. The summed E-state index contributed by atoms with van der Waals surface area (Å²) in [5.41, 5.74) is 2.13. The van der Waals surface area contributed by atoms with Crippen molar-refractivity contribution in [2.75, 3.05) is 31.1 Å². The Labute approximate surface area is 123 Å². The van der Waals surface area contributed by atoms with Gasteiger partial charge in [0.15, 0.2) is 0 Å². The summed E-state index contributed by atoms with van der Waals surface area (Å²) >= 11 is 0. The Morgan fingerprint density at radius 3 is 2.57 bits per heavy atom. The zero-order valence-electron chi connectivity index (χ0n) is 12.3. The lowest BCUT2D eigenvalue weighted by atomic mass is 10.2. The Bertz CT molecular complexity index is 600. The van der Waals surface area contributed by atoms with Crippen molar-refractivity contribution < 1.29 is 8.91 Å². The molecule has 5 nitrogen and oxygen atoms in total. The molecule has 0 radical (unpaired) electrons.